The summed E-state index contributed by atoms with van der Waals surface area (Å²) in [7, 11) is 0. The molecule has 6 nitrogen and oxygen atoms in total. The molecule has 1 aromatic carbocycles. The van der Waals surface area contributed by atoms with E-state index >= 15 is 0 Å². The first kappa shape index (κ1) is 15.9. The van der Waals surface area contributed by atoms with E-state index in [1.165, 1.54) is 6.42 Å². The minimum atomic E-state index is -0.0330. The Morgan fingerprint density at radius 1 is 1.32 bits per heavy atom. The van der Waals surface area contributed by atoms with E-state index in [-0.39, 0.29) is 11.9 Å². The standard InChI is InChI=1S/C19H22N4O2/c1-13-7-5-6-10-22(13)19(24)17-11-15(25-21-17)12-23-14(2)20-16-8-3-4-9-18(16)23/h3-4,8-9,11,13H,5-7,10,12H2,1-2H3/t13-/m0/s1. The van der Waals surface area contributed by atoms with Gasteiger partial charge in [0.1, 0.15) is 5.82 Å². The third kappa shape index (κ3) is 2.92. The monoisotopic (exact) mass is 338 g/mol. The number of aromatic nitrogens is 3. The lowest BCUT2D eigenvalue weighted by atomic mass is 10.0. The number of imidazole rings is 1. The van der Waals surface area contributed by atoms with Crippen LogP contribution < -0.4 is 0 Å². The quantitative estimate of drug-likeness (QED) is 0.734. The van der Waals surface area contributed by atoms with Crippen molar-refractivity contribution < 1.29 is 9.32 Å². The van der Waals surface area contributed by atoms with Gasteiger partial charge < -0.3 is 14.0 Å². The van der Waals surface area contributed by atoms with Crippen LogP contribution >= 0.6 is 0 Å². The van der Waals surface area contributed by atoms with E-state index in [1.807, 2.05) is 36.1 Å². The number of fused-ring (bicyclic) bond motifs is 1. The van der Waals surface area contributed by atoms with Crippen molar-refractivity contribution in [3.63, 3.8) is 0 Å². The Bertz CT molecular complexity index is 911. The maximum Gasteiger partial charge on any atom is 0.276 e. The smallest absolute Gasteiger partial charge is 0.276 e. The zero-order chi connectivity index (χ0) is 17.4. The Morgan fingerprint density at radius 3 is 3.00 bits per heavy atom. The highest BCUT2D eigenvalue weighted by atomic mass is 16.5. The Kier molecular flexibility index (Phi) is 4.03. The number of rotatable bonds is 3. The number of para-hydroxylation sites is 2. The molecule has 0 bridgehead atoms. The number of hydrogen-bond acceptors (Lipinski definition) is 4. The van der Waals surface area contributed by atoms with Gasteiger partial charge in [-0.3, -0.25) is 4.79 Å². The topological polar surface area (TPSA) is 64.2 Å². The van der Waals surface area contributed by atoms with Gasteiger partial charge in [0.2, 0.25) is 0 Å². The highest BCUT2D eigenvalue weighted by Gasteiger charge is 2.26. The van der Waals surface area contributed by atoms with Crippen LogP contribution in [-0.4, -0.2) is 38.1 Å². The second-order valence-electron chi connectivity index (χ2n) is 6.76. The summed E-state index contributed by atoms with van der Waals surface area (Å²) in [5.41, 5.74) is 2.40. The van der Waals surface area contributed by atoms with Gasteiger partial charge in [0.05, 0.1) is 17.6 Å². The molecule has 0 aliphatic carbocycles. The molecule has 3 heterocycles. The van der Waals surface area contributed by atoms with E-state index in [0.29, 0.717) is 18.0 Å². The zero-order valence-electron chi connectivity index (χ0n) is 14.6. The molecule has 4 rings (SSSR count). The second-order valence-corrected chi connectivity index (χ2v) is 6.76. The third-order valence-electron chi connectivity index (χ3n) is 5.00. The predicted octanol–water partition coefficient (Wildman–Crippen LogP) is 3.40. The van der Waals surface area contributed by atoms with Crippen LogP contribution in [0.25, 0.3) is 11.0 Å². The number of likely N-dealkylation sites (tertiary alicyclic amines) is 1. The van der Waals surface area contributed by atoms with E-state index < -0.39 is 0 Å². The molecule has 0 spiro atoms. The minimum Gasteiger partial charge on any atom is -0.359 e. The number of carbonyl (C=O) groups excluding carboxylic acids is 1. The van der Waals surface area contributed by atoms with Crippen molar-refractivity contribution in [1.29, 1.82) is 0 Å². The summed E-state index contributed by atoms with van der Waals surface area (Å²) in [5.74, 6) is 1.55. The molecular formula is C19H22N4O2. The van der Waals surface area contributed by atoms with Crippen LogP contribution in [0, 0.1) is 6.92 Å². The number of hydrogen-bond donors (Lipinski definition) is 0. The SMILES string of the molecule is Cc1nc2ccccc2n1Cc1cc(C(=O)N2CCCC[C@@H]2C)no1. The lowest BCUT2D eigenvalue weighted by Crippen LogP contribution is -2.42. The molecule has 1 saturated heterocycles. The highest BCUT2D eigenvalue weighted by Crippen LogP contribution is 2.21. The molecule has 1 amide bonds. The average molecular weight is 338 g/mol. The summed E-state index contributed by atoms with van der Waals surface area (Å²) in [6.07, 6.45) is 3.29. The van der Waals surface area contributed by atoms with Crippen LogP contribution in [0.15, 0.2) is 34.9 Å². The minimum absolute atomic E-state index is 0.0330. The Labute approximate surface area is 146 Å². The lowest BCUT2D eigenvalue weighted by molar-refractivity contribution is 0.0625. The number of aryl methyl sites for hydroxylation is 1. The van der Waals surface area contributed by atoms with Crippen molar-refractivity contribution >= 4 is 16.9 Å². The number of benzene rings is 1. The molecule has 0 radical (unpaired) electrons. The maximum absolute atomic E-state index is 12.7. The van der Waals surface area contributed by atoms with Crippen LogP contribution in [0.1, 0.15) is 48.3 Å². The van der Waals surface area contributed by atoms with Gasteiger partial charge in [0.15, 0.2) is 11.5 Å². The van der Waals surface area contributed by atoms with Gasteiger partial charge in [0.25, 0.3) is 5.91 Å². The van der Waals surface area contributed by atoms with E-state index in [4.69, 9.17) is 4.52 Å². The zero-order valence-corrected chi connectivity index (χ0v) is 14.6. The molecule has 0 unspecified atom stereocenters. The summed E-state index contributed by atoms with van der Waals surface area (Å²) < 4.78 is 7.52. The number of carbonyl (C=O) groups is 1. The van der Waals surface area contributed by atoms with Crippen LogP contribution in [0.2, 0.25) is 0 Å². The largest absolute Gasteiger partial charge is 0.359 e. The van der Waals surface area contributed by atoms with Gasteiger partial charge in [0, 0.05) is 18.7 Å². The summed E-state index contributed by atoms with van der Waals surface area (Å²) >= 11 is 0. The molecule has 130 valence electrons. The van der Waals surface area contributed by atoms with Gasteiger partial charge in [-0.1, -0.05) is 17.3 Å². The molecule has 2 aromatic heterocycles. The van der Waals surface area contributed by atoms with Crippen LogP contribution in [-0.2, 0) is 6.54 Å². The summed E-state index contributed by atoms with van der Waals surface area (Å²) in [5, 5.41) is 4.02. The van der Waals surface area contributed by atoms with E-state index in [9.17, 15) is 4.79 Å². The molecule has 1 aliphatic heterocycles. The summed E-state index contributed by atoms with van der Waals surface area (Å²) in [4.78, 5) is 19.2. The fraction of sp³-hybridized carbons (Fsp3) is 0.421. The lowest BCUT2D eigenvalue weighted by Gasteiger charge is -2.32. The molecule has 1 aliphatic rings. The number of amides is 1. The molecule has 6 heteroatoms. The van der Waals surface area contributed by atoms with E-state index in [0.717, 1.165) is 36.2 Å². The van der Waals surface area contributed by atoms with Crippen molar-refractivity contribution in [1.82, 2.24) is 19.6 Å². The van der Waals surface area contributed by atoms with Crippen molar-refractivity contribution in [2.45, 2.75) is 45.7 Å². The van der Waals surface area contributed by atoms with Gasteiger partial charge >= 0.3 is 0 Å². The Morgan fingerprint density at radius 2 is 2.16 bits per heavy atom. The fourth-order valence-electron chi connectivity index (χ4n) is 3.59. The number of nitrogens with zero attached hydrogens (tertiary/aromatic N) is 4. The third-order valence-corrected chi connectivity index (χ3v) is 5.00. The molecule has 0 saturated carbocycles. The molecule has 0 N–H and O–H groups in total. The Hall–Kier alpha value is -2.63. The van der Waals surface area contributed by atoms with E-state index in [1.54, 1.807) is 6.07 Å². The predicted molar refractivity (Wildman–Crippen MR) is 94.4 cm³/mol. The van der Waals surface area contributed by atoms with Crippen LogP contribution in [0.5, 0.6) is 0 Å². The molecular weight excluding hydrogens is 316 g/mol. The molecule has 3 aromatic rings. The number of piperidine rings is 1. The fourth-order valence-corrected chi connectivity index (χ4v) is 3.59. The van der Waals surface area contributed by atoms with Crippen molar-refractivity contribution in [3.05, 3.63) is 47.6 Å². The van der Waals surface area contributed by atoms with E-state index in [2.05, 4.69) is 21.6 Å². The first-order valence-electron chi connectivity index (χ1n) is 8.82. The summed E-state index contributed by atoms with van der Waals surface area (Å²) in [6.45, 7) is 5.38. The van der Waals surface area contributed by atoms with Crippen LogP contribution in [0.4, 0.5) is 0 Å². The van der Waals surface area contributed by atoms with Crippen molar-refractivity contribution in [3.8, 4) is 0 Å². The molecule has 1 fully saturated rings. The van der Waals surface area contributed by atoms with Gasteiger partial charge in [-0.2, -0.15) is 0 Å². The van der Waals surface area contributed by atoms with Crippen molar-refractivity contribution in [2.75, 3.05) is 6.54 Å². The maximum atomic E-state index is 12.7. The highest BCUT2D eigenvalue weighted by molar-refractivity contribution is 5.92. The molecule has 1 atom stereocenters. The summed E-state index contributed by atoms with van der Waals surface area (Å²) in [6, 6.07) is 10.0. The second kappa shape index (κ2) is 6.35. The van der Waals surface area contributed by atoms with Gasteiger partial charge in [-0.15, -0.1) is 0 Å². The first-order valence-corrected chi connectivity index (χ1v) is 8.82. The van der Waals surface area contributed by atoms with Gasteiger partial charge in [-0.25, -0.2) is 4.98 Å². The van der Waals surface area contributed by atoms with Gasteiger partial charge in [-0.05, 0) is 45.2 Å². The van der Waals surface area contributed by atoms with Crippen LogP contribution in [0.3, 0.4) is 0 Å². The Balaban J connectivity index is 1.57. The molecule has 25 heavy (non-hydrogen) atoms. The average Bonchev–Trinajstić information content (AvgIpc) is 3.20. The van der Waals surface area contributed by atoms with Crippen molar-refractivity contribution in [2.24, 2.45) is 0 Å². The first-order chi connectivity index (χ1) is 12.1. The normalized spacial score (nSPS) is 18.0.